The summed E-state index contributed by atoms with van der Waals surface area (Å²) in [5.74, 6) is 0. The van der Waals surface area contributed by atoms with Crippen molar-refractivity contribution in [1.82, 2.24) is 0 Å². The van der Waals surface area contributed by atoms with Gasteiger partial charge in [0.2, 0.25) is 0 Å². The first-order valence-corrected chi connectivity index (χ1v) is 6.22. The van der Waals surface area contributed by atoms with Crippen LogP contribution >= 0.6 is 11.8 Å². The molecule has 0 saturated heterocycles. The van der Waals surface area contributed by atoms with Crippen LogP contribution in [-0.4, -0.2) is 10.5 Å². The molecule has 0 spiro atoms. The van der Waals surface area contributed by atoms with Crippen LogP contribution in [0.2, 0.25) is 0 Å². The number of hydrogen-bond donors (Lipinski definition) is 0. The molecule has 0 aromatic carbocycles. The molecule has 1 saturated carbocycles. The van der Waals surface area contributed by atoms with Gasteiger partial charge in [0.25, 0.3) is 0 Å². The third-order valence-corrected chi connectivity index (χ3v) is 4.24. The van der Waals surface area contributed by atoms with Gasteiger partial charge in [0.15, 0.2) is 0 Å². The predicted molar refractivity (Wildman–Crippen MR) is 58.5 cm³/mol. The van der Waals surface area contributed by atoms with Gasteiger partial charge in [-0.05, 0) is 19.3 Å². The molecule has 1 rings (SSSR count). The van der Waals surface area contributed by atoms with Crippen LogP contribution < -0.4 is 0 Å². The molecule has 0 nitrogen and oxygen atoms in total. The minimum absolute atomic E-state index is 0.757. The van der Waals surface area contributed by atoms with Gasteiger partial charge in [-0.1, -0.05) is 39.5 Å². The van der Waals surface area contributed by atoms with Crippen molar-refractivity contribution in [2.24, 2.45) is 0 Å². The Balaban J connectivity index is 2.20. The summed E-state index contributed by atoms with van der Waals surface area (Å²) in [7, 11) is 0. The van der Waals surface area contributed by atoms with Gasteiger partial charge in [0.1, 0.15) is 0 Å². The Morgan fingerprint density at radius 2 is 1.75 bits per heavy atom. The van der Waals surface area contributed by atoms with Gasteiger partial charge in [-0.3, -0.25) is 0 Å². The highest BCUT2D eigenvalue weighted by atomic mass is 32.2. The number of hydrogen-bond acceptors (Lipinski definition) is 1. The molecule has 0 aliphatic heterocycles. The summed E-state index contributed by atoms with van der Waals surface area (Å²) in [6.07, 6.45) is 11.1. The normalized spacial score (nSPS) is 23.5. The van der Waals surface area contributed by atoms with E-state index in [1.807, 2.05) is 0 Å². The lowest BCUT2D eigenvalue weighted by Gasteiger charge is -2.17. The van der Waals surface area contributed by atoms with Crippen LogP contribution in [0, 0.1) is 6.42 Å². The zero-order valence-electron chi connectivity index (χ0n) is 8.38. The molecule has 71 valence electrons. The van der Waals surface area contributed by atoms with Crippen molar-refractivity contribution in [2.45, 2.75) is 62.9 Å². The maximum atomic E-state index is 2.32. The molecule has 0 heterocycles. The van der Waals surface area contributed by atoms with Crippen molar-refractivity contribution < 1.29 is 0 Å². The summed E-state index contributed by atoms with van der Waals surface area (Å²) in [4.78, 5) is 0. The van der Waals surface area contributed by atoms with Crippen molar-refractivity contribution in [3.8, 4) is 0 Å². The monoisotopic (exact) mass is 185 g/mol. The predicted octanol–water partition coefficient (Wildman–Crippen LogP) is 4.06. The van der Waals surface area contributed by atoms with Gasteiger partial charge in [0, 0.05) is 10.5 Å². The molecule has 0 N–H and O–H groups in total. The van der Waals surface area contributed by atoms with Gasteiger partial charge in [-0.2, -0.15) is 11.8 Å². The van der Waals surface area contributed by atoms with Crippen LogP contribution in [0.5, 0.6) is 0 Å². The summed E-state index contributed by atoms with van der Waals surface area (Å²) in [5, 5.41) is 1.71. The second kappa shape index (κ2) is 5.90. The van der Waals surface area contributed by atoms with E-state index in [9.17, 15) is 0 Å². The molecule has 0 aromatic heterocycles. The third-order valence-electron chi connectivity index (χ3n) is 2.68. The smallest absolute Gasteiger partial charge is 0.00500 e. The fourth-order valence-electron chi connectivity index (χ4n) is 1.76. The van der Waals surface area contributed by atoms with Crippen LogP contribution in [0.4, 0.5) is 0 Å². The van der Waals surface area contributed by atoms with Crippen LogP contribution in [0.25, 0.3) is 0 Å². The topological polar surface area (TPSA) is 0 Å². The molecule has 1 aliphatic carbocycles. The van der Waals surface area contributed by atoms with Gasteiger partial charge < -0.3 is 0 Å². The van der Waals surface area contributed by atoms with Crippen LogP contribution in [0.15, 0.2) is 0 Å². The largest absolute Gasteiger partial charge is 0.155 e. The van der Waals surface area contributed by atoms with E-state index in [1.54, 1.807) is 0 Å². The molecule has 1 unspecified atom stereocenters. The Kier molecular flexibility index (Phi) is 5.13. The molecular weight excluding hydrogens is 164 g/mol. The second-order valence-corrected chi connectivity index (χ2v) is 5.47. The Morgan fingerprint density at radius 1 is 1.17 bits per heavy atom. The Bertz CT molecular complexity index is 104. The lowest BCUT2D eigenvalue weighted by atomic mass is 10.2. The van der Waals surface area contributed by atoms with Gasteiger partial charge in [0.05, 0.1) is 0 Å². The summed E-state index contributed by atoms with van der Waals surface area (Å²) < 4.78 is 0. The molecule has 1 aliphatic rings. The SMILES string of the molecule is C[CH]C(C)SC1CCCCCC1. The van der Waals surface area contributed by atoms with Crippen molar-refractivity contribution in [2.75, 3.05) is 0 Å². The first-order chi connectivity index (χ1) is 5.83. The molecule has 1 heteroatoms. The quantitative estimate of drug-likeness (QED) is 0.598. The highest BCUT2D eigenvalue weighted by molar-refractivity contribution is 8.00. The average Bonchev–Trinajstić information content (AvgIpc) is 2.33. The molecule has 12 heavy (non-hydrogen) atoms. The van der Waals surface area contributed by atoms with E-state index in [-0.39, 0.29) is 0 Å². The Hall–Kier alpha value is 0.350. The Morgan fingerprint density at radius 3 is 2.25 bits per heavy atom. The van der Waals surface area contributed by atoms with E-state index in [4.69, 9.17) is 0 Å². The molecule has 0 aromatic rings. The third kappa shape index (κ3) is 3.84. The summed E-state index contributed by atoms with van der Waals surface area (Å²) in [6, 6.07) is 0. The Labute approximate surface area is 81.5 Å². The van der Waals surface area contributed by atoms with Crippen LogP contribution in [-0.2, 0) is 0 Å². The number of rotatable bonds is 3. The zero-order chi connectivity index (χ0) is 8.81. The summed E-state index contributed by atoms with van der Waals surface area (Å²) >= 11 is 2.18. The van der Waals surface area contributed by atoms with Gasteiger partial charge in [-0.25, -0.2) is 0 Å². The van der Waals surface area contributed by atoms with Crippen molar-refractivity contribution >= 4 is 11.8 Å². The average molecular weight is 185 g/mol. The molecule has 0 amide bonds. The van der Waals surface area contributed by atoms with E-state index >= 15 is 0 Å². The van der Waals surface area contributed by atoms with E-state index in [0.29, 0.717) is 0 Å². The lowest BCUT2D eigenvalue weighted by molar-refractivity contribution is 0.702. The van der Waals surface area contributed by atoms with E-state index < -0.39 is 0 Å². The highest BCUT2D eigenvalue weighted by Gasteiger charge is 2.14. The molecule has 0 bridgehead atoms. The van der Waals surface area contributed by atoms with Crippen LogP contribution in [0.3, 0.4) is 0 Å². The summed E-state index contributed by atoms with van der Waals surface area (Å²) in [6.45, 7) is 4.49. The fraction of sp³-hybridized carbons (Fsp3) is 0.909. The minimum Gasteiger partial charge on any atom is -0.155 e. The molecule has 1 fully saturated rings. The van der Waals surface area contributed by atoms with E-state index in [2.05, 4.69) is 32.0 Å². The first-order valence-electron chi connectivity index (χ1n) is 5.28. The molecule has 1 atom stereocenters. The lowest BCUT2D eigenvalue weighted by Crippen LogP contribution is -2.06. The van der Waals surface area contributed by atoms with Crippen LogP contribution in [0.1, 0.15) is 52.4 Å². The van der Waals surface area contributed by atoms with Crippen molar-refractivity contribution in [3.05, 3.63) is 6.42 Å². The van der Waals surface area contributed by atoms with Crippen molar-refractivity contribution in [1.29, 1.82) is 0 Å². The van der Waals surface area contributed by atoms with E-state index in [0.717, 1.165) is 10.5 Å². The standard InChI is InChI=1S/C11H21S/c1-3-10(2)12-11-8-6-4-5-7-9-11/h3,10-11H,4-9H2,1-2H3. The number of thioether (sulfide) groups is 1. The van der Waals surface area contributed by atoms with Crippen molar-refractivity contribution in [3.63, 3.8) is 0 Å². The molecular formula is C11H21S. The minimum atomic E-state index is 0.757. The first kappa shape index (κ1) is 10.4. The highest BCUT2D eigenvalue weighted by Crippen LogP contribution is 2.30. The van der Waals surface area contributed by atoms with E-state index in [1.165, 1.54) is 38.5 Å². The van der Waals surface area contributed by atoms with Gasteiger partial charge in [-0.15, -0.1) is 0 Å². The maximum absolute atomic E-state index is 2.32. The zero-order valence-corrected chi connectivity index (χ0v) is 9.20. The maximum Gasteiger partial charge on any atom is 0.00500 e. The second-order valence-electron chi connectivity index (χ2n) is 3.79. The fourth-order valence-corrected chi connectivity index (χ4v) is 3.13. The molecule has 1 radical (unpaired) electrons. The summed E-state index contributed by atoms with van der Waals surface area (Å²) in [5.41, 5.74) is 0. The van der Waals surface area contributed by atoms with Gasteiger partial charge >= 0.3 is 0 Å².